The number of halogens is 3. The number of ether oxygens (including phenoxy) is 1. The van der Waals surface area contributed by atoms with E-state index in [1.54, 1.807) is 7.11 Å². The van der Waals surface area contributed by atoms with Gasteiger partial charge in [0.25, 0.3) is 0 Å². The van der Waals surface area contributed by atoms with Crippen LogP contribution in [0.25, 0.3) is 11.4 Å². The molecule has 0 atom stereocenters. The molecule has 3 aromatic rings. The zero-order chi connectivity index (χ0) is 19.7. The SMILES string of the molecule is COc1ccc2c(c1)CN(Cc1nc(-c3ccc(C(F)(F)F)cc3)no1)CC2. The highest BCUT2D eigenvalue weighted by atomic mass is 19.4. The van der Waals surface area contributed by atoms with Crippen LogP contribution in [0.5, 0.6) is 5.75 Å². The van der Waals surface area contributed by atoms with Crippen molar-refractivity contribution >= 4 is 0 Å². The van der Waals surface area contributed by atoms with E-state index in [4.69, 9.17) is 9.26 Å². The first-order valence-corrected chi connectivity index (χ1v) is 8.81. The first-order chi connectivity index (χ1) is 13.4. The molecule has 2 aromatic carbocycles. The Bertz CT molecular complexity index is 968. The maximum absolute atomic E-state index is 12.7. The van der Waals surface area contributed by atoms with Gasteiger partial charge in [-0.05, 0) is 41.8 Å². The van der Waals surface area contributed by atoms with Crippen LogP contribution in [-0.2, 0) is 25.7 Å². The molecule has 4 rings (SSSR count). The number of methoxy groups -OCH3 is 1. The van der Waals surface area contributed by atoms with Gasteiger partial charge in [0.1, 0.15) is 5.75 Å². The number of hydrogen-bond donors (Lipinski definition) is 0. The Labute approximate surface area is 159 Å². The third kappa shape index (κ3) is 3.87. The van der Waals surface area contributed by atoms with Gasteiger partial charge in [-0.25, -0.2) is 0 Å². The summed E-state index contributed by atoms with van der Waals surface area (Å²) in [7, 11) is 1.64. The molecule has 0 radical (unpaired) electrons. The van der Waals surface area contributed by atoms with Crippen molar-refractivity contribution in [2.24, 2.45) is 0 Å². The van der Waals surface area contributed by atoms with Gasteiger partial charge < -0.3 is 9.26 Å². The summed E-state index contributed by atoms with van der Waals surface area (Å²) in [5.74, 6) is 1.53. The van der Waals surface area contributed by atoms with E-state index < -0.39 is 11.7 Å². The Morgan fingerprint density at radius 2 is 1.89 bits per heavy atom. The zero-order valence-electron chi connectivity index (χ0n) is 15.2. The highest BCUT2D eigenvalue weighted by molar-refractivity contribution is 5.54. The van der Waals surface area contributed by atoms with E-state index in [2.05, 4.69) is 21.1 Å². The number of rotatable bonds is 4. The third-order valence-corrected chi connectivity index (χ3v) is 4.80. The lowest BCUT2D eigenvalue weighted by Gasteiger charge is -2.27. The van der Waals surface area contributed by atoms with Gasteiger partial charge in [-0.3, -0.25) is 4.90 Å². The molecule has 1 aromatic heterocycles. The standard InChI is InChI=1S/C20H18F3N3O2/c1-27-17-7-4-13-8-9-26(11-15(13)10-17)12-18-24-19(25-28-18)14-2-5-16(6-3-14)20(21,22)23/h2-7,10H,8-9,11-12H2,1H3. The first kappa shape index (κ1) is 18.5. The van der Waals surface area contributed by atoms with E-state index in [0.717, 1.165) is 37.4 Å². The molecule has 0 aliphatic carbocycles. The molecule has 5 nitrogen and oxygen atoms in total. The van der Waals surface area contributed by atoms with Gasteiger partial charge in [-0.2, -0.15) is 18.2 Å². The molecule has 0 saturated heterocycles. The van der Waals surface area contributed by atoms with Crippen molar-refractivity contribution in [2.45, 2.75) is 25.7 Å². The maximum Gasteiger partial charge on any atom is 0.416 e. The van der Waals surface area contributed by atoms with Gasteiger partial charge in [0.2, 0.25) is 11.7 Å². The fourth-order valence-corrected chi connectivity index (χ4v) is 3.29. The minimum atomic E-state index is -4.37. The summed E-state index contributed by atoms with van der Waals surface area (Å²) < 4.78 is 48.6. The number of hydrogen-bond acceptors (Lipinski definition) is 5. The number of alkyl halides is 3. The van der Waals surface area contributed by atoms with Crippen LogP contribution in [0, 0.1) is 0 Å². The maximum atomic E-state index is 12.7. The molecule has 28 heavy (non-hydrogen) atoms. The highest BCUT2D eigenvalue weighted by Gasteiger charge is 2.30. The third-order valence-electron chi connectivity index (χ3n) is 4.80. The summed E-state index contributed by atoms with van der Waals surface area (Å²) >= 11 is 0. The Morgan fingerprint density at radius 1 is 1.11 bits per heavy atom. The van der Waals surface area contributed by atoms with Crippen molar-refractivity contribution in [2.75, 3.05) is 13.7 Å². The van der Waals surface area contributed by atoms with Crippen LogP contribution in [0.3, 0.4) is 0 Å². The molecule has 146 valence electrons. The molecule has 0 amide bonds. The Balaban J connectivity index is 1.45. The van der Waals surface area contributed by atoms with Crippen LogP contribution in [0.1, 0.15) is 22.6 Å². The lowest BCUT2D eigenvalue weighted by atomic mass is 9.99. The lowest BCUT2D eigenvalue weighted by molar-refractivity contribution is -0.137. The second-order valence-electron chi connectivity index (χ2n) is 6.68. The van der Waals surface area contributed by atoms with E-state index in [9.17, 15) is 13.2 Å². The summed E-state index contributed by atoms with van der Waals surface area (Å²) in [4.78, 5) is 6.52. The second-order valence-corrected chi connectivity index (χ2v) is 6.68. The Hall–Kier alpha value is -2.87. The fourth-order valence-electron chi connectivity index (χ4n) is 3.29. The van der Waals surface area contributed by atoms with Crippen molar-refractivity contribution in [3.05, 3.63) is 65.0 Å². The summed E-state index contributed by atoms with van der Waals surface area (Å²) in [6, 6.07) is 10.8. The van der Waals surface area contributed by atoms with Crippen molar-refractivity contribution in [3.8, 4) is 17.1 Å². The smallest absolute Gasteiger partial charge is 0.416 e. The largest absolute Gasteiger partial charge is 0.497 e. The van der Waals surface area contributed by atoms with Gasteiger partial charge in [0.15, 0.2) is 0 Å². The minimum Gasteiger partial charge on any atom is -0.497 e. The van der Waals surface area contributed by atoms with Crippen molar-refractivity contribution in [1.82, 2.24) is 15.0 Å². The predicted octanol–water partition coefficient (Wildman–Crippen LogP) is 4.32. The van der Waals surface area contributed by atoms with E-state index in [-0.39, 0.29) is 5.82 Å². The molecule has 1 aliphatic heterocycles. The van der Waals surface area contributed by atoms with Crippen LogP contribution in [0.15, 0.2) is 47.0 Å². The van der Waals surface area contributed by atoms with Crippen molar-refractivity contribution in [3.63, 3.8) is 0 Å². The molecule has 0 saturated carbocycles. The van der Waals surface area contributed by atoms with Gasteiger partial charge in [-0.1, -0.05) is 23.4 Å². The van der Waals surface area contributed by atoms with E-state index in [1.807, 2.05) is 12.1 Å². The summed E-state index contributed by atoms with van der Waals surface area (Å²) in [5.41, 5.74) is 2.28. The molecule has 8 heteroatoms. The normalized spacial score (nSPS) is 14.7. The van der Waals surface area contributed by atoms with Crippen LogP contribution in [0.4, 0.5) is 13.2 Å². The molecular weight excluding hydrogens is 371 g/mol. The van der Waals surface area contributed by atoms with Crippen LogP contribution >= 0.6 is 0 Å². The van der Waals surface area contributed by atoms with Gasteiger partial charge in [0.05, 0.1) is 19.2 Å². The number of fused-ring (bicyclic) bond motifs is 1. The summed E-state index contributed by atoms with van der Waals surface area (Å²) in [5, 5.41) is 3.90. The van der Waals surface area contributed by atoms with Gasteiger partial charge >= 0.3 is 6.18 Å². The molecule has 0 unspecified atom stereocenters. The van der Waals surface area contributed by atoms with Gasteiger partial charge in [-0.15, -0.1) is 0 Å². The second kappa shape index (κ2) is 7.27. The van der Waals surface area contributed by atoms with Crippen LogP contribution < -0.4 is 4.74 Å². The molecule has 2 heterocycles. The van der Waals surface area contributed by atoms with Crippen LogP contribution in [0.2, 0.25) is 0 Å². The number of aromatic nitrogens is 2. The molecule has 0 N–H and O–H groups in total. The molecule has 0 bridgehead atoms. The topological polar surface area (TPSA) is 51.4 Å². The minimum absolute atomic E-state index is 0.280. The van der Waals surface area contributed by atoms with E-state index in [0.29, 0.717) is 18.0 Å². The molecule has 0 spiro atoms. The Kier molecular flexibility index (Phi) is 4.80. The number of nitrogens with zero attached hydrogens (tertiary/aromatic N) is 3. The average molecular weight is 389 g/mol. The molecule has 1 aliphatic rings. The molecule has 0 fully saturated rings. The quantitative estimate of drug-likeness (QED) is 0.665. The summed E-state index contributed by atoms with van der Waals surface area (Å²) in [6.07, 6.45) is -3.45. The highest BCUT2D eigenvalue weighted by Crippen LogP contribution is 2.30. The fraction of sp³-hybridized carbons (Fsp3) is 0.300. The monoisotopic (exact) mass is 389 g/mol. The van der Waals surface area contributed by atoms with Gasteiger partial charge in [0, 0.05) is 18.7 Å². The van der Waals surface area contributed by atoms with E-state index in [1.165, 1.54) is 23.3 Å². The number of benzene rings is 2. The Morgan fingerprint density at radius 3 is 2.61 bits per heavy atom. The van der Waals surface area contributed by atoms with Crippen molar-refractivity contribution in [1.29, 1.82) is 0 Å². The molecular formula is C20H18F3N3O2. The lowest BCUT2D eigenvalue weighted by Crippen LogP contribution is -2.30. The first-order valence-electron chi connectivity index (χ1n) is 8.81. The van der Waals surface area contributed by atoms with Crippen molar-refractivity contribution < 1.29 is 22.4 Å². The van der Waals surface area contributed by atoms with E-state index >= 15 is 0 Å². The predicted molar refractivity (Wildman–Crippen MR) is 95.5 cm³/mol. The average Bonchev–Trinajstić information content (AvgIpc) is 3.15. The summed E-state index contributed by atoms with van der Waals surface area (Å²) in [6.45, 7) is 2.08. The van der Waals surface area contributed by atoms with Crippen LogP contribution in [-0.4, -0.2) is 28.7 Å². The zero-order valence-corrected chi connectivity index (χ0v) is 15.2.